The van der Waals surface area contributed by atoms with Gasteiger partial charge in [-0.2, -0.15) is 0 Å². The SMILES string of the molecule is O=[N+]([O-])c1ccc(N2CCCC(c3nnc4ccccn34)C2)c(Cl)c1. The van der Waals surface area contributed by atoms with Crippen LogP contribution in [0.3, 0.4) is 0 Å². The number of hydrogen-bond donors (Lipinski definition) is 0. The number of fused-ring (bicyclic) bond motifs is 1. The summed E-state index contributed by atoms with van der Waals surface area (Å²) in [5.41, 5.74) is 1.67. The van der Waals surface area contributed by atoms with Crippen molar-refractivity contribution in [1.82, 2.24) is 14.6 Å². The topological polar surface area (TPSA) is 76.6 Å². The Hall–Kier alpha value is -2.67. The van der Waals surface area contributed by atoms with Crippen LogP contribution >= 0.6 is 11.6 Å². The normalized spacial score (nSPS) is 17.8. The Kier molecular flexibility index (Phi) is 4.01. The van der Waals surface area contributed by atoms with Crippen molar-refractivity contribution in [1.29, 1.82) is 0 Å². The number of rotatable bonds is 3. The fraction of sp³-hybridized carbons (Fsp3) is 0.294. The van der Waals surface area contributed by atoms with E-state index in [0.717, 1.165) is 43.1 Å². The van der Waals surface area contributed by atoms with Gasteiger partial charge in [0, 0.05) is 37.3 Å². The Morgan fingerprint density at radius 1 is 1.24 bits per heavy atom. The third kappa shape index (κ3) is 2.91. The highest BCUT2D eigenvalue weighted by molar-refractivity contribution is 6.33. The van der Waals surface area contributed by atoms with Crippen molar-refractivity contribution in [2.45, 2.75) is 18.8 Å². The zero-order chi connectivity index (χ0) is 17.4. The van der Waals surface area contributed by atoms with Crippen LogP contribution in [0, 0.1) is 10.1 Å². The molecule has 1 aliphatic heterocycles. The van der Waals surface area contributed by atoms with Gasteiger partial charge in [0.05, 0.1) is 15.6 Å². The van der Waals surface area contributed by atoms with E-state index in [-0.39, 0.29) is 11.6 Å². The molecule has 4 rings (SSSR count). The molecule has 1 atom stereocenters. The molecule has 0 spiro atoms. The molecule has 0 radical (unpaired) electrons. The molecule has 0 aliphatic carbocycles. The first-order valence-corrected chi connectivity index (χ1v) is 8.50. The van der Waals surface area contributed by atoms with Crippen LogP contribution < -0.4 is 4.90 Å². The number of halogens is 1. The highest BCUT2D eigenvalue weighted by atomic mass is 35.5. The highest BCUT2D eigenvalue weighted by Crippen LogP contribution is 2.34. The Morgan fingerprint density at radius 2 is 2.12 bits per heavy atom. The second-order valence-corrected chi connectivity index (χ2v) is 6.57. The van der Waals surface area contributed by atoms with E-state index >= 15 is 0 Å². The lowest BCUT2D eigenvalue weighted by atomic mass is 9.96. The van der Waals surface area contributed by atoms with Crippen LogP contribution in [-0.2, 0) is 0 Å². The molecule has 1 fully saturated rings. The zero-order valence-corrected chi connectivity index (χ0v) is 14.1. The van der Waals surface area contributed by atoms with Gasteiger partial charge in [-0.05, 0) is 31.0 Å². The zero-order valence-electron chi connectivity index (χ0n) is 13.4. The van der Waals surface area contributed by atoms with E-state index in [2.05, 4.69) is 15.1 Å². The quantitative estimate of drug-likeness (QED) is 0.528. The summed E-state index contributed by atoms with van der Waals surface area (Å²) < 4.78 is 2.02. The van der Waals surface area contributed by atoms with Crippen molar-refractivity contribution in [3.05, 3.63) is 63.6 Å². The molecule has 0 saturated carbocycles. The average Bonchev–Trinajstić information content (AvgIpc) is 3.06. The number of pyridine rings is 1. The molecule has 3 aromatic rings. The molecule has 0 amide bonds. The van der Waals surface area contributed by atoms with Gasteiger partial charge in [0.2, 0.25) is 0 Å². The standard InChI is InChI=1S/C17H16ClN5O2/c18-14-10-13(23(24)25)6-7-15(14)21-8-3-4-12(11-21)17-20-19-16-5-1-2-9-22(16)17/h1-2,5-7,9-10,12H,3-4,8,11H2. The Balaban J connectivity index is 1.62. The largest absolute Gasteiger partial charge is 0.370 e. The maximum absolute atomic E-state index is 10.9. The molecule has 3 heterocycles. The van der Waals surface area contributed by atoms with Crippen molar-refractivity contribution >= 4 is 28.6 Å². The molecular formula is C17H16ClN5O2. The number of benzene rings is 1. The molecule has 0 bridgehead atoms. The van der Waals surface area contributed by atoms with Gasteiger partial charge in [-0.25, -0.2) is 0 Å². The molecule has 2 aromatic heterocycles. The molecule has 1 aromatic carbocycles. The minimum absolute atomic E-state index is 0.00533. The summed E-state index contributed by atoms with van der Waals surface area (Å²) in [6.07, 6.45) is 4.00. The first-order chi connectivity index (χ1) is 12.1. The van der Waals surface area contributed by atoms with Crippen molar-refractivity contribution < 1.29 is 4.92 Å². The summed E-state index contributed by atoms with van der Waals surface area (Å²) in [4.78, 5) is 12.6. The van der Waals surface area contributed by atoms with E-state index in [0.29, 0.717) is 5.02 Å². The van der Waals surface area contributed by atoms with Gasteiger partial charge >= 0.3 is 0 Å². The van der Waals surface area contributed by atoms with Gasteiger partial charge in [-0.15, -0.1) is 10.2 Å². The molecule has 0 N–H and O–H groups in total. The number of piperidine rings is 1. The summed E-state index contributed by atoms with van der Waals surface area (Å²) >= 11 is 6.30. The predicted molar refractivity (Wildman–Crippen MR) is 95.3 cm³/mol. The third-order valence-corrected chi connectivity index (χ3v) is 4.91. The van der Waals surface area contributed by atoms with Gasteiger partial charge < -0.3 is 4.90 Å². The van der Waals surface area contributed by atoms with E-state index < -0.39 is 4.92 Å². The first kappa shape index (κ1) is 15.8. The maximum atomic E-state index is 10.9. The summed E-state index contributed by atoms with van der Waals surface area (Å²) in [5, 5.41) is 19.9. The van der Waals surface area contributed by atoms with Gasteiger partial charge in [-0.3, -0.25) is 14.5 Å². The summed E-state index contributed by atoms with van der Waals surface area (Å²) in [5.74, 6) is 1.18. The molecule has 1 unspecified atom stereocenters. The minimum Gasteiger partial charge on any atom is -0.370 e. The van der Waals surface area contributed by atoms with Crippen molar-refractivity contribution in [2.75, 3.05) is 18.0 Å². The predicted octanol–water partition coefficient (Wildman–Crippen LogP) is 3.67. The summed E-state index contributed by atoms with van der Waals surface area (Å²) in [6.45, 7) is 1.62. The van der Waals surface area contributed by atoms with Crippen LogP contribution in [0.25, 0.3) is 5.65 Å². The number of anilines is 1. The highest BCUT2D eigenvalue weighted by Gasteiger charge is 2.26. The van der Waals surface area contributed by atoms with Crippen LogP contribution in [-0.4, -0.2) is 32.6 Å². The van der Waals surface area contributed by atoms with Gasteiger partial charge in [0.25, 0.3) is 5.69 Å². The fourth-order valence-corrected chi connectivity index (χ4v) is 3.71. The van der Waals surface area contributed by atoms with Crippen molar-refractivity contribution in [3.63, 3.8) is 0 Å². The lowest BCUT2D eigenvalue weighted by Gasteiger charge is -2.34. The van der Waals surface area contributed by atoms with E-state index in [9.17, 15) is 10.1 Å². The maximum Gasteiger partial charge on any atom is 0.271 e. The number of nitrogens with zero attached hydrogens (tertiary/aromatic N) is 5. The Morgan fingerprint density at radius 3 is 2.92 bits per heavy atom. The van der Waals surface area contributed by atoms with Crippen molar-refractivity contribution in [2.24, 2.45) is 0 Å². The van der Waals surface area contributed by atoms with Crippen LogP contribution in [0.15, 0.2) is 42.6 Å². The van der Waals surface area contributed by atoms with Crippen LogP contribution in [0.4, 0.5) is 11.4 Å². The monoisotopic (exact) mass is 357 g/mol. The number of nitro benzene ring substituents is 1. The van der Waals surface area contributed by atoms with Crippen molar-refractivity contribution in [3.8, 4) is 0 Å². The van der Waals surface area contributed by atoms with Crippen LogP contribution in [0.1, 0.15) is 24.6 Å². The van der Waals surface area contributed by atoms with E-state index in [1.807, 2.05) is 28.8 Å². The molecule has 7 nitrogen and oxygen atoms in total. The summed E-state index contributed by atoms with van der Waals surface area (Å²) in [6, 6.07) is 10.5. The number of nitro groups is 1. The molecule has 1 aliphatic rings. The Labute approximate surface area is 149 Å². The average molecular weight is 358 g/mol. The minimum atomic E-state index is -0.434. The first-order valence-electron chi connectivity index (χ1n) is 8.12. The van der Waals surface area contributed by atoms with E-state index in [1.54, 1.807) is 6.07 Å². The Bertz CT molecular complexity index is 942. The van der Waals surface area contributed by atoms with Gasteiger partial charge in [-0.1, -0.05) is 17.7 Å². The molecule has 128 valence electrons. The van der Waals surface area contributed by atoms with E-state index in [1.165, 1.54) is 12.1 Å². The van der Waals surface area contributed by atoms with Crippen LogP contribution in [0.5, 0.6) is 0 Å². The molecule has 1 saturated heterocycles. The van der Waals surface area contributed by atoms with Crippen LogP contribution in [0.2, 0.25) is 5.02 Å². The van der Waals surface area contributed by atoms with Gasteiger partial charge in [0.1, 0.15) is 5.82 Å². The lowest BCUT2D eigenvalue weighted by molar-refractivity contribution is -0.384. The second kappa shape index (κ2) is 6.33. The third-order valence-electron chi connectivity index (χ3n) is 4.61. The second-order valence-electron chi connectivity index (χ2n) is 6.17. The molecule has 8 heteroatoms. The smallest absolute Gasteiger partial charge is 0.271 e. The number of hydrogen-bond acceptors (Lipinski definition) is 5. The van der Waals surface area contributed by atoms with E-state index in [4.69, 9.17) is 11.6 Å². The molecular weight excluding hydrogens is 342 g/mol. The number of aromatic nitrogens is 3. The summed E-state index contributed by atoms with van der Waals surface area (Å²) in [7, 11) is 0. The fourth-order valence-electron chi connectivity index (χ4n) is 3.41. The van der Waals surface area contributed by atoms with Gasteiger partial charge in [0.15, 0.2) is 5.65 Å². The number of non-ortho nitro benzene ring substituents is 1. The molecule has 25 heavy (non-hydrogen) atoms. The lowest BCUT2D eigenvalue weighted by Crippen LogP contribution is -2.35.